The molecule has 0 spiro atoms. The maximum absolute atomic E-state index is 12.5. The van der Waals surface area contributed by atoms with Crippen LogP contribution in [0.4, 0.5) is 0 Å². The van der Waals surface area contributed by atoms with Gasteiger partial charge in [-0.25, -0.2) is 4.98 Å². The average molecular weight is 316 g/mol. The Labute approximate surface area is 134 Å². The van der Waals surface area contributed by atoms with E-state index in [0.717, 1.165) is 34.7 Å². The van der Waals surface area contributed by atoms with Crippen LogP contribution in [0.15, 0.2) is 24.3 Å². The van der Waals surface area contributed by atoms with Crippen LogP contribution in [0.2, 0.25) is 0 Å². The van der Waals surface area contributed by atoms with Gasteiger partial charge in [-0.2, -0.15) is 0 Å². The molecule has 116 valence electrons. The van der Waals surface area contributed by atoms with Gasteiger partial charge in [0.2, 0.25) is 0 Å². The number of aryl methyl sites for hydroxylation is 2. The fourth-order valence-corrected chi connectivity index (χ4v) is 4.01. The zero-order chi connectivity index (χ0) is 15.7. The fourth-order valence-electron chi connectivity index (χ4n) is 2.94. The predicted molar refractivity (Wildman–Crippen MR) is 87.2 cm³/mol. The summed E-state index contributed by atoms with van der Waals surface area (Å²) in [6, 6.07) is 7.54. The lowest BCUT2D eigenvalue weighted by molar-refractivity contribution is 0.0861. The van der Waals surface area contributed by atoms with Crippen LogP contribution in [0.1, 0.15) is 50.9 Å². The van der Waals surface area contributed by atoms with Crippen molar-refractivity contribution in [1.29, 1.82) is 0 Å². The Kier molecular flexibility index (Phi) is 4.27. The lowest BCUT2D eigenvalue weighted by Gasteiger charge is -2.17. The first-order valence-corrected chi connectivity index (χ1v) is 8.44. The van der Waals surface area contributed by atoms with Crippen LogP contribution in [0.5, 0.6) is 0 Å². The Bertz CT molecular complexity index is 696. The van der Waals surface area contributed by atoms with Crippen molar-refractivity contribution in [3.63, 3.8) is 0 Å². The van der Waals surface area contributed by atoms with Gasteiger partial charge in [-0.15, -0.1) is 11.3 Å². The number of fused-ring (bicyclic) bond motifs is 1. The molecule has 2 atom stereocenters. The van der Waals surface area contributed by atoms with Crippen LogP contribution >= 0.6 is 11.3 Å². The van der Waals surface area contributed by atoms with E-state index in [1.165, 1.54) is 11.3 Å². The van der Waals surface area contributed by atoms with Gasteiger partial charge in [-0.3, -0.25) is 4.79 Å². The highest BCUT2D eigenvalue weighted by Gasteiger charge is 2.32. The number of aromatic nitrogens is 1. The number of nitrogens with one attached hydrogen (secondary N) is 1. The normalized spacial score (nSPS) is 20.0. The molecule has 2 aromatic rings. The summed E-state index contributed by atoms with van der Waals surface area (Å²) < 4.78 is 0. The van der Waals surface area contributed by atoms with E-state index in [2.05, 4.69) is 17.2 Å². The van der Waals surface area contributed by atoms with Crippen LogP contribution in [0.25, 0.3) is 0 Å². The second-order valence-electron chi connectivity index (χ2n) is 5.69. The zero-order valence-corrected chi connectivity index (χ0v) is 13.6. The molecular weight excluding hydrogens is 296 g/mol. The van der Waals surface area contributed by atoms with Gasteiger partial charge < -0.3 is 10.4 Å². The zero-order valence-electron chi connectivity index (χ0n) is 12.8. The number of aliphatic hydroxyl groups is 1. The Hall–Kier alpha value is -1.72. The molecule has 1 heterocycles. The van der Waals surface area contributed by atoms with Crippen LogP contribution in [-0.4, -0.2) is 22.1 Å². The fraction of sp³-hybridized carbons (Fsp3) is 0.412. The first-order valence-electron chi connectivity index (χ1n) is 7.63. The van der Waals surface area contributed by atoms with Crippen LogP contribution in [0.3, 0.4) is 0 Å². The molecule has 5 heteroatoms. The molecule has 0 fully saturated rings. The number of carbonyl (C=O) groups excluding carboxylic acids is 1. The summed E-state index contributed by atoms with van der Waals surface area (Å²) in [4.78, 5) is 17.6. The highest BCUT2D eigenvalue weighted by molar-refractivity contribution is 7.13. The van der Waals surface area contributed by atoms with Gasteiger partial charge in [0.05, 0.1) is 22.8 Å². The molecule has 0 radical (unpaired) electrons. The van der Waals surface area contributed by atoms with Gasteiger partial charge in [0, 0.05) is 6.42 Å². The molecule has 1 aromatic heterocycles. The summed E-state index contributed by atoms with van der Waals surface area (Å²) in [5.74, 6) is -0.141. The highest BCUT2D eigenvalue weighted by atomic mass is 32.1. The van der Waals surface area contributed by atoms with Gasteiger partial charge in [-0.05, 0) is 30.9 Å². The summed E-state index contributed by atoms with van der Waals surface area (Å²) in [7, 11) is 0. The number of hydrogen-bond acceptors (Lipinski definition) is 4. The van der Waals surface area contributed by atoms with Gasteiger partial charge in [0.15, 0.2) is 0 Å². The monoisotopic (exact) mass is 316 g/mol. The van der Waals surface area contributed by atoms with E-state index in [-0.39, 0.29) is 11.9 Å². The van der Waals surface area contributed by atoms with E-state index in [1.54, 1.807) is 0 Å². The summed E-state index contributed by atoms with van der Waals surface area (Å²) in [5, 5.41) is 14.2. The van der Waals surface area contributed by atoms with Gasteiger partial charge >= 0.3 is 0 Å². The van der Waals surface area contributed by atoms with E-state index in [4.69, 9.17) is 0 Å². The molecule has 1 aliphatic carbocycles. The molecule has 0 saturated carbocycles. The summed E-state index contributed by atoms with van der Waals surface area (Å²) >= 11 is 1.45. The molecule has 0 bridgehead atoms. The standard InChI is InChI=1S/C17H20N2O2S/c1-3-6-14-18-10(2)16(22-14)17(21)19-15-12-8-5-4-7-11(12)9-13(15)20/h4-5,7-8,13,15,20H,3,6,9H2,1-2H3,(H,19,21). The molecular formula is C17H20N2O2S. The number of nitrogens with zero attached hydrogens (tertiary/aromatic N) is 1. The van der Waals surface area contributed by atoms with Gasteiger partial charge in [-0.1, -0.05) is 31.2 Å². The molecule has 4 nitrogen and oxygen atoms in total. The van der Waals surface area contributed by atoms with Crippen molar-refractivity contribution in [3.8, 4) is 0 Å². The molecule has 0 saturated heterocycles. The van der Waals surface area contributed by atoms with Crippen molar-refractivity contribution < 1.29 is 9.90 Å². The Morgan fingerprint density at radius 2 is 2.23 bits per heavy atom. The van der Waals surface area contributed by atoms with Crippen molar-refractivity contribution >= 4 is 17.2 Å². The molecule has 22 heavy (non-hydrogen) atoms. The topological polar surface area (TPSA) is 62.2 Å². The molecule has 0 aliphatic heterocycles. The molecule has 1 aliphatic rings. The summed E-state index contributed by atoms with van der Waals surface area (Å²) in [6.07, 6.45) is 1.94. The average Bonchev–Trinajstić information content (AvgIpc) is 3.00. The van der Waals surface area contributed by atoms with Gasteiger partial charge in [0.25, 0.3) is 5.91 Å². The smallest absolute Gasteiger partial charge is 0.263 e. The SMILES string of the molecule is CCCc1nc(C)c(C(=O)NC2c3ccccc3CC2O)s1. The lowest BCUT2D eigenvalue weighted by atomic mass is 10.1. The number of amides is 1. The number of carbonyl (C=O) groups is 1. The third-order valence-corrected chi connectivity index (χ3v) is 5.22. The minimum Gasteiger partial charge on any atom is -0.390 e. The largest absolute Gasteiger partial charge is 0.390 e. The Morgan fingerprint density at radius 1 is 1.45 bits per heavy atom. The van der Waals surface area contributed by atoms with Crippen molar-refractivity contribution in [3.05, 3.63) is 51.0 Å². The molecule has 3 rings (SSSR count). The third-order valence-electron chi connectivity index (χ3n) is 4.00. The molecule has 2 N–H and O–H groups in total. The highest BCUT2D eigenvalue weighted by Crippen LogP contribution is 2.32. The van der Waals surface area contributed by atoms with Crippen LogP contribution in [-0.2, 0) is 12.8 Å². The van der Waals surface area contributed by atoms with Gasteiger partial charge in [0.1, 0.15) is 4.88 Å². The summed E-state index contributed by atoms with van der Waals surface area (Å²) in [5.41, 5.74) is 2.89. The van der Waals surface area contributed by atoms with Crippen LogP contribution in [0, 0.1) is 6.92 Å². The number of benzene rings is 1. The van der Waals surface area contributed by atoms with Crippen molar-refractivity contribution in [1.82, 2.24) is 10.3 Å². The van der Waals surface area contributed by atoms with Crippen molar-refractivity contribution in [2.45, 2.75) is 45.3 Å². The number of hydrogen-bond donors (Lipinski definition) is 2. The van der Waals surface area contributed by atoms with E-state index in [9.17, 15) is 9.90 Å². The number of aliphatic hydroxyl groups excluding tert-OH is 1. The number of thiazole rings is 1. The predicted octanol–water partition coefficient (Wildman–Crippen LogP) is 2.79. The quantitative estimate of drug-likeness (QED) is 0.912. The molecule has 1 aromatic carbocycles. The minimum absolute atomic E-state index is 0.141. The first-order chi connectivity index (χ1) is 10.6. The van der Waals surface area contributed by atoms with E-state index >= 15 is 0 Å². The summed E-state index contributed by atoms with van der Waals surface area (Å²) in [6.45, 7) is 3.96. The van der Waals surface area contributed by atoms with E-state index in [0.29, 0.717) is 11.3 Å². The second-order valence-corrected chi connectivity index (χ2v) is 6.78. The minimum atomic E-state index is -0.565. The van der Waals surface area contributed by atoms with Crippen molar-refractivity contribution in [2.75, 3.05) is 0 Å². The Morgan fingerprint density at radius 3 is 3.00 bits per heavy atom. The number of rotatable bonds is 4. The molecule has 1 amide bonds. The van der Waals surface area contributed by atoms with E-state index < -0.39 is 6.10 Å². The van der Waals surface area contributed by atoms with E-state index in [1.807, 2.05) is 31.2 Å². The first kappa shape index (κ1) is 15.2. The third kappa shape index (κ3) is 2.78. The van der Waals surface area contributed by atoms with Crippen LogP contribution < -0.4 is 5.32 Å². The Balaban J connectivity index is 1.80. The maximum Gasteiger partial charge on any atom is 0.263 e. The maximum atomic E-state index is 12.5. The lowest BCUT2D eigenvalue weighted by Crippen LogP contribution is -2.33. The molecule has 2 unspecified atom stereocenters. The van der Waals surface area contributed by atoms with Crippen molar-refractivity contribution in [2.24, 2.45) is 0 Å². The second kappa shape index (κ2) is 6.18.